The predicted octanol–water partition coefficient (Wildman–Crippen LogP) is 1.30. The molecule has 3 heterocycles. The van der Waals surface area contributed by atoms with Gasteiger partial charge in [-0.3, -0.25) is 4.57 Å². The minimum atomic E-state index is -0.133. The first-order chi connectivity index (χ1) is 9.13. The molecule has 0 bridgehead atoms. The van der Waals surface area contributed by atoms with Crippen LogP contribution in [0.2, 0.25) is 0 Å². The van der Waals surface area contributed by atoms with Crippen molar-refractivity contribution in [3.63, 3.8) is 0 Å². The first-order valence-electron chi connectivity index (χ1n) is 6.54. The van der Waals surface area contributed by atoms with E-state index in [0.29, 0.717) is 11.8 Å². The predicted molar refractivity (Wildman–Crippen MR) is 69.4 cm³/mol. The maximum absolute atomic E-state index is 9.35. The Morgan fingerprint density at radius 1 is 1.26 bits per heavy atom. The number of imidazole rings is 1. The van der Waals surface area contributed by atoms with Crippen molar-refractivity contribution in [2.75, 3.05) is 6.61 Å². The van der Waals surface area contributed by atoms with E-state index < -0.39 is 0 Å². The highest BCUT2D eigenvalue weighted by molar-refractivity contribution is 5.72. The Hall–Kier alpha value is -1.53. The fraction of sp³-hybridized carbons (Fsp3) is 0.615. The number of aliphatic hydroxyl groups excluding tert-OH is 1. The number of nitrogens with zero attached hydrogens (tertiary/aromatic N) is 4. The molecule has 0 saturated carbocycles. The van der Waals surface area contributed by atoms with E-state index in [0.717, 1.165) is 16.9 Å². The van der Waals surface area contributed by atoms with Crippen molar-refractivity contribution >= 4 is 11.2 Å². The van der Waals surface area contributed by atoms with Crippen LogP contribution >= 0.6 is 0 Å². The Bertz CT molecular complexity index is 597. The first-order valence-corrected chi connectivity index (χ1v) is 6.54. The largest absolute Gasteiger partial charge is 0.394 e. The number of ether oxygens (including phenoxy) is 1. The average molecular weight is 262 g/mol. The molecule has 1 fully saturated rings. The summed E-state index contributed by atoms with van der Waals surface area (Å²) in [6.07, 6.45) is 3.04. The van der Waals surface area contributed by atoms with E-state index in [2.05, 4.69) is 28.8 Å². The molecule has 2 aromatic heterocycles. The molecule has 4 atom stereocenters. The number of hydrogen-bond acceptors (Lipinski definition) is 5. The smallest absolute Gasteiger partial charge is 0.165 e. The Morgan fingerprint density at radius 2 is 2.05 bits per heavy atom. The summed E-state index contributed by atoms with van der Waals surface area (Å²) in [4.78, 5) is 12.8. The van der Waals surface area contributed by atoms with Gasteiger partial charge in [0.1, 0.15) is 18.1 Å². The Labute approximate surface area is 111 Å². The monoisotopic (exact) mass is 262 g/mol. The molecule has 1 aliphatic rings. The number of fused-ring (bicyclic) bond motifs is 1. The zero-order valence-electron chi connectivity index (χ0n) is 11.3. The summed E-state index contributed by atoms with van der Waals surface area (Å²) in [5.74, 6) is 0.597. The quantitative estimate of drug-likeness (QED) is 0.883. The third-order valence-electron chi connectivity index (χ3n) is 4.18. The summed E-state index contributed by atoms with van der Waals surface area (Å²) in [5, 5.41) is 9.35. The van der Waals surface area contributed by atoms with Gasteiger partial charge in [-0.1, -0.05) is 13.8 Å². The minimum Gasteiger partial charge on any atom is -0.394 e. The van der Waals surface area contributed by atoms with E-state index in [-0.39, 0.29) is 18.9 Å². The van der Waals surface area contributed by atoms with Gasteiger partial charge >= 0.3 is 0 Å². The minimum absolute atomic E-state index is 0.0443. The maximum Gasteiger partial charge on any atom is 0.165 e. The van der Waals surface area contributed by atoms with Gasteiger partial charge in [-0.05, 0) is 12.8 Å². The summed E-state index contributed by atoms with van der Waals surface area (Å²) < 4.78 is 7.89. The second-order valence-electron chi connectivity index (χ2n) is 5.25. The van der Waals surface area contributed by atoms with Crippen LogP contribution in [0.3, 0.4) is 0 Å². The highest BCUT2D eigenvalue weighted by Crippen LogP contribution is 2.39. The maximum atomic E-state index is 9.35. The van der Waals surface area contributed by atoms with Crippen molar-refractivity contribution in [2.24, 2.45) is 11.8 Å². The fourth-order valence-electron chi connectivity index (χ4n) is 2.71. The van der Waals surface area contributed by atoms with Gasteiger partial charge in [0.05, 0.1) is 24.7 Å². The molecule has 0 spiro atoms. The Balaban J connectivity index is 2.04. The topological polar surface area (TPSA) is 73.1 Å². The molecular formula is C13H18N4O2. The molecule has 2 aromatic rings. The average Bonchev–Trinajstić information content (AvgIpc) is 2.94. The van der Waals surface area contributed by atoms with E-state index in [9.17, 15) is 5.11 Å². The second kappa shape index (κ2) is 4.54. The molecule has 1 unspecified atom stereocenters. The standard InChI is InChI=1S/C13H18N4O2/c1-7-8(2)13(19-10(7)4-18)17-6-16-11-9(3)14-5-15-12(11)17/h5-8,10,13,18H,4H2,1-3H3/t7-,8+,10+,13?/m0/s1. The summed E-state index contributed by atoms with van der Waals surface area (Å²) in [6.45, 7) is 6.19. The highest BCUT2D eigenvalue weighted by atomic mass is 16.5. The molecule has 3 rings (SSSR count). The van der Waals surface area contributed by atoms with Crippen molar-refractivity contribution in [1.29, 1.82) is 0 Å². The molecule has 6 heteroatoms. The van der Waals surface area contributed by atoms with Crippen LogP contribution in [0.25, 0.3) is 11.2 Å². The fourth-order valence-corrected chi connectivity index (χ4v) is 2.71. The molecule has 102 valence electrons. The highest BCUT2D eigenvalue weighted by Gasteiger charge is 2.40. The molecular weight excluding hydrogens is 244 g/mol. The zero-order chi connectivity index (χ0) is 13.6. The molecule has 1 N–H and O–H groups in total. The molecule has 0 radical (unpaired) electrons. The van der Waals surface area contributed by atoms with Gasteiger partial charge in [0.25, 0.3) is 0 Å². The van der Waals surface area contributed by atoms with Crippen molar-refractivity contribution < 1.29 is 9.84 Å². The van der Waals surface area contributed by atoms with Gasteiger partial charge in [-0.25, -0.2) is 15.0 Å². The van der Waals surface area contributed by atoms with Crippen LogP contribution < -0.4 is 0 Å². The lowest BCUT2D eigenvalue weighted by Crippen LogP contribution is -2.19. The number of hydrogen-bond donors (Lipinski definition) is 1. The lowest BCUT2D eigenvalue weighted by Gasteiger charge is -2.17. The SMILES string of the molecule is Cc1ncnc2c1ncn2C1O[C@H](CO)[C@@H](C)[C@H]1C. The number of rotatable bonds is 2. The van der Waals surface area contributed by atoms with Gasteiger partial charge in [0, 0.05) is 5.92 Å². The van der Waals surface area contributed by atoms with E-state index in [1.54, 1.807) is 12.7 Å². The van der Waals surface area contributed by atoms with Crippen LogP contribution in [0.4, 0.5) is 0 Å². The lowest BCUT2D eigenvalue weighted by molar-refractivity contribution is -0.0336. The van der Waals surface area contributed by atoms with E-state index in [1.807, 2.05) is 11.5 Å². The van der Waals surface area contributed by atoms with Crippen LogP contribution in [0, 0.1) is 18.8 Å². The van der Waals surface area contributed by atoms with Crippen LogP contribution in [0.15, 0.2) is 12.7 Å². The third-order valence-corrected chi connectivity index (χ3v) is 4.18. The number of aliphatic hydroxyl groups is 1. The van der Waals surface area contributed by atoms with Gasteiger partial charge in [-0.2, -0.15) is 0 Å². The summed E-state index contributed by atoms with van der Waals surface area (Å²) in [6, 6.07) is 0. The van der Waals surface area contributed by atoms with E-state index in [1.165, 1.54) is 0 Å². The molecule has 6 nitrogen and oxygen atoms in total. The van der Waals surface area contributed by atoms with Gasteiger partial charge < -0.3 is 9.84 Å². The van der Waals surface area contributed by atoms with Crippen LogP contribution in [-0.4, -0.2) is 37.3 Å². The molecule has 1 aliphatic heterocycles. The van der Waals surface area contributed by atoms with Gasteiger partial charge in [-0.15, -0.1) is 0 Å². The van der Waals surface area contributed by atoms with Crippen LogP contribution in [0.5, 0.6) is 0 Å². The van der Waals surface area contributed by atoms with Gasteiger partial charge in [0.2, 0.25) is 0 Å². The van der Waals surface area contributed by atoms with E-state index in [4.69, 9.17) is 4.74 Å². The Kier molecular flexibility index (Phi) is 2.99. The van der Waals surface area contributed by atoms with Crippen molar-refractivity contribution in [1.82, 2.24) is 19.5 Å². The summed E-state index contributed by atoms with van der Waals surface area (Å²) in [5.41, 5.74) is 2.45. The molecule has 19 heavy (non-hydrogen) atoms. The number of aryl methyl sites for hydroxylation is 1. The summed E-state index contributed by atoms with van der Waals surface area (Å²) >= 11 is 0. The van der Waals surface area contributed by atoms with Crippen molar-refractivity contribution in [2.45, 2.75) is 33.1 Å². The third kappa shape index (κ3) is 1.82. The molecule has 0 amide bonds. The molecule has 0 aliphatic carbocycles. The lowest BCUT2D eigenvalue weighted by atomic mass is 9.93. The van der Waals surface area contributed by atoms with E-state index >= 15 is 0 Å². The van der Waals surface area contributed by atoms with Crippen molar-refractivity contribution in [3.05, 3.63) is 18.3 Å². The zero-order valence-corrected chi connectivity index (χ0v) is 11.3. The van der Waals surface area contributed by atoms with Crippen LogP contribution in [0.1, 0.15) is 25.8 Å². The first kappa shape index (κ1) is 12.5. The van der Waals surface area contributed by atoms with Gasteiger partial charge in [0.15, 0.2) is 5.65 Å². The second-order valence-corrected chi connectivity index (χ2v) is 5.25. The number of aromatic nitrogens is 4. The molecule has 1 saturated heterocycles. The Morgan fingerprint density at radius 3 is 2.74 bits per heavy atom. The summed E-state index contributed by atoms with van der Waals surface area (Å²) in [7, 11) is 0. The van der Waals surface area contributed by atoms with Crippen molar-refractivity contribution in [3.8, 4) is 0 Å². The normalized spacial score (nSPS) is 31.2. The van der Waals surface area contributed by atoms with Crippen LogP contribution in [-0.2, 0) is 4.74 Å². The molecule has 0 aromatic carbocycles.